The van der Waals surface area contributed by atoms with E-state index in [0.29, 0.717) is 33.7 Å². The van der Waals surface area contributed by atoms with Gasteiger partial charge in [0.2, 0.25) is 5.89 Å². The Morgan fingerprint density at radius 3 is 2.46 bits per heavy atom. The summed E-state index contributed by atoms with van der Waals surface area (Å²) in [5.74, 6) is -2.09. The van der Waals surface area contributed by atoms with E-state index in [0.717, 1.165) is 40.4 Å². The van der Waals surface area contributed by atoms with Crippen LogP contribution in [-0.2, 0) is 29.4 Å². The Kier molecular flexibility index (Phi) is 8.99. The Morgan fingerprint density at radius 2 is 1.76 bits per heavy atom. The van der Waals surface area contributed by atoms with Crippen LogP contribution in [-0.4, -0.2) is 47.6 Å². The fraction of sp³-hybridized carbons (Fsp3) is 0.367. The van der Waals surface area contributed by atoms with Crippen LogP contribution >= 0.6 is 23.4 Å². The maximum Gasteiger partial charge on any atom is 0.490 e. The van der Waals surface area contributed by atoms with E-state index in [-0.39, 0.29) is 28.8 Å². The van der Waals surface area contributed by atoms with Crippen molar-refractivity contribution in [2.45, 2.75) is 62.1 Å². The molecule has 0 radical (unpaired) electrons. The molecule has 16 heteroatoms. The smallest absolute Gasteiger partial charge is 0.439 e. The van der Waals surface area contributed by atoms with E-state index in [2.05, 4.69) is 14.7 Å². The molecule has 2 N–H and O–H groups in total. The van der Waals surface area contributed by atoms with Gasteiger partial charge in [-0.15, -0.1) is 0 Å². The third kappa shape index (κ3) is 6.57. The van der Waals surface area contributed by atoms with Gasteiger partial charge in [-0.1, -0.05) is 53.7 Å². The van der Waals surface area contributed by atoms with Gasteiger partial charge in [0.1, 0.15) is 12.1 Å². The number of hydrogen-bond donors (Lipinski definition) is 1. The van der Waals surface area contributed by atoms with Crippen LogP contribution in [0.15, 0.2) is 67.7 Å². The molecule has 1 fully saturated rings. The normalized spacial score (nSPS) is 17.2. The fourth-order valence-corrected chi connectivity index (χ4v) is 6.91. The van der Waals surface area contributed by atoms with Crippen LogP contribution in [0.3, 0.4) is 0 Å². The zero-order valence-corrected chi connectivity index (χ0v) is 25.8. The summed E-state index contributed by atoms with van der Waals surface area (Å²) in [6.45, 7) is -0.825. The van der Waals surface area contributed by atoms with Crippen molar-refractivity contribution >= 4 is 51.6 Å². The molecule has 11 nitrogen and oxygen atoms in total. The Bertz CT molecular complexity index is 2020. The predicted molar refractivity (Wildman–Crippen MR) is 165 cm³/mol. The summed E-state index contributed by atoms with van der Waals surface area (Å²) < 4.78 is 52.6. The second kappa shape index (κ2) is 13.0. The minimum absolute atomic E-state index is 0.0185. The molecule has 46 heavy (non-hydrogen) atoms. The standard InChI is InChI=1S/C30H28ClF3N6O5S/c31-19-8-11-22-21(12-19)36-23(45-22)15-39-26(41)24-25(40(29(39)43)16-44-27(42)30(32,33)34)37-28(38(24)14-18-4-2-1-3-5-18)46-20-9-6-17(13-35)7-10-20/h1-5,8,11-12,17,20H,6-7,9-10,13-16,35H2. The second-order valence-corrected chi connectivity index (χ2v) is 12.7. The molecule has 0 unspecified atom stereocenters. The van der Waals surface area contributed by atoms with Crippen LogP contribution in [0.25, 0.3) is 22.3 Å². The number of oxazole rings is 1. The summed E-state index contributed by atoms with van der Waals surface area (Å²) in [5, 5.41) is 0.925. The summed E-state index contributed by atoms with van der Waals surface area (Å²) >= 11 is 7.49. The molecular weight excluding hydrogens is 649 g/mol. The minimum Gasteiger partial charge on any atom is -0.439 e. The first kappa shape index (κ1) is 31.9. The number of hydrogen-bond acceptors (Lipinski definition) is 9. The average Bonchev–Trinajstić information content (AvgIpc) is 3.59. The van der Waals surface area contributed by atoms with Crippen LogP contribution in [0.5, 0.6) is 0 Å². The number of carbonyl (C=O) groups excluding carboxylic acids is 1. The highest BCUT2D eigenvalue weighted by Crippen LogP contribution is 2.36. The molecule has 1 saturated carbocycles. The first-order chi connectivity index (χ1) is 22.0. The lowest BCUT2D eigenvalue weighted by atomic mass is 9.89. The molecule has 0 saturated heterocycles. The number of fused-ring (bicyclic) bond motifs is 2. The van der Waals surface area contributed by atoms with Crippen molar-refractivity contribution in [1.29, 1.82) is 0 Å². The van der Waals surface area contributed by atoms with Gasteiger partial charge in [-0.25, -0.2) is 28.7 Å². The highest BCUT2D eigenvalue weighted by Gasteiger charge is 2.41. The van der Waals surface area contributed by atoms with Crippen LogP contribution in [0.1, 0.15) is 37.1 Å². The van der Waals surface area contributed by atoms with Gasteiger partial charge in [0.15, 0.2) is 28.6 Å². The third-order valence-corrected chi connectivity index (χ3v) is 9.47. The first-order valence-electron chi connectivity index (χ1n) is 14.4. The van der Waals surface area contributed by atoms with Crippen molar-refractivity contribution in [1.82, 2.24) is 23.7 Å². The SMILES string of the molecule is NCC1CCC(Sc2nc3c(c(=O)n(Cc4nc5cc(Cl)ccc5o4)c(=O)n3COC(=O)C(F)(F)F)n2Cc2ccccc2)CC1. The van der Waals surface area contributed by atoms with E-state index in [1.165, 1.54) is 11.8 Å². The lowest BCUT2D eigenvalue weighted by Crippen LogP contribution is -2.42. The maximum atomic E-state index is 14.2. The molecule has 3 aromatic heterocycles. The average molecular weight is 677 g/mol. The predicted octanol–water partition coefficient (Wildman–Crippen LogP) is 4.92. The Labute approximate surface area is 268 Å². The molecule has 242 valence electrons. The number of aromatic nitrogens is 5. The summed E-state index contributed by atoms with van der Waals surface area (Å²) in [6, 6.07) is 13.9. The van der Waals surface area contributed by atoms with E-state index in [4.69, 9.17) is 21.8 Å². The van der Waals surface area contributed by atoms with Gasteiger partial charge in [0.25, 0.3) is 5.56 Å². The number of nitrogens with two attached hydrogens (primary N) is 1. The van der Waals surface area contributed by atoms with Crippen molar-refractivity contribution in [3.8, 4) is 0 Å². The molecule has 0 spiro atoms. The molecule has 0 atom stereocenters. The Balaban J connectivity index is 1.50. The van der Waals surface area contributed by atoms with Crippen molar-refractivity contribution in [2.24, 2.45) is 11.7 Å². The Hall–Kier alpha value is -4.08. The van der Waals surface area contributed by atoms with Gasteiger partial charge in [0, 0.05) is 10.3 Å². The van der Waals surface area contributed by atoms with Crippen LogP contribution in [0.4, 0.5) is 13.2 Å². The highest BCUT2D eigenvalue weighted by atomic mass is 35.5. The summed E-state index contributed by atoms with van der Waals surface area (Å²) in [7, 11) is 0. The molecule has 2 aromatic carbocycles. The van der Waals surface area contributed by atoms with E-state index in [9.17, 15) is 27.6 Å². The first-order valence-corrected chi connectivity index (χ1v) is 15.7. The molecule has 0 aliphatic heterocycles. The second-order valence-electron chi connectivity index (χ2n) is 11.0. The van der Waals surface area contributed by atoms with Gasteiger partial charge in [-0.05, 0) is 61.9 Å². The largest absolute Gasteiger partial charge is 0.490 e. The number of imidazole rings is 1. The summed E-state index contributed by atoms with van der Waals surface area (Å²) in [6.07, 6.45) is -1.75. The molecule has 0 bridgehead atoms. The van der Waals surface area contributed by atoms with E-state index < -0.39 is 36.7 Å². The van der Waals surface area contributed by atoms with Crippen LogP contribution < -0.4 is 17.0 Å². The number of halogens is 4. The molecule has 1 aliphatic carbocycles. The highest BCUT2D eigenvalue weighted by molar-refractivity contribution is 7.99. The Morgan fingerprint density at radius 1 is 1.02 bits per heavy atom. The minimum atomic E-state index is -5.30. The fourth-order valence-electron chi connectivity index (χ4n) is 5.52. The summed E-state index contributed by atoms with van der Waals surface area (Å²) in [5.41, 5.74) is 5.34. The molecule has 0 amide bonds. The number of carbonyl (C=O) groups is 1. The van der Waals surface area contributed by atoms with Gasteiger partial charge in [-0.3, -0.25) is 4.79 Å². The van der Waals surface area contributed by atoms with Gasteiger partial charge < -0.3 is 19.5 Å². The van der Waals surface area contributed by atoms with Crippen molar-refractivity contribution < 1.29 is 27.1 Å². The molecule has 1 aliphatic rings. The van der Waals surface area contributed by atoms with Gasteiger partial charge in [0.05, 0.1) is 6.54 Å². The van der Waals surface area contributed by atoms with Gasteiger partial charge in [-0.2, -0.15) is 13.2 Å². The van der Waals surface area contributed by atoms with Crippen molar-refractivity contribution in [2.75, 3.05) is 6.54 Å². The van der Waals surface area contributed by atoms with Crippen LogP contribution in [0, 0.1) is 5.92 Å². The third-order valence-electron chi connectivity index (χ3n) is 7.91. The number of thioether (sulfide) groups is 1. The number of rotatable bonds is 9. The zero-order chi connectivity index (χ0) is 32.6. The lowest BCUT2D eigenvalue weighted by Gasteiger charge is -2.27. The monoisotopic (exact) mass is 676 g/mol. The molecule has 6 rings (SSSR count). The maximum absolute atomic E-state index is 14.2. The number of alkyl halides is 3. The molecular formula is C30H28ClF3N6O5S. The van der Waals surface area contributed by atoms with E-state index in [1.807, 2.05) is 30.3 Å². The number of ether oxygens (including phenoxy) is 1. The van der Waals surface area contributed by atoms with Gasteiger partial charge >= 0.3 is 17.8 Å². The quantitative estimate of drug-likeness (QED) is 0.215. The number of nitrogens with zero attached hydrogens (tertiary/aromatic N) is 5. The zero-order valence-electron chi connectivity index (χ0n) is 24.2. The van der Waals surface area contributed by atoms with Crippen molar-refractivity contribution in [3.63, 3.8) is 0 Å². The molecule has 3 heterocycles. The number of benzene rings is 2. The van der Waals surface area contributed by atoms with Crippen LogP contribution in [0.2, 0.25) is 5.02 Å². The summed E-state index contributed by atoms with van der Waals surface area (Å²) in [4.78, 5) is 48.6. The van der Waals surface area contributed by atoms with Crippen molar-refractivity contribution in [3.05, 3.63) is 85.8 Å². The number of esters is 1. The topological polar surface area (TPSA) is 140 Å². The molecule has 5 aromatic rings. The van der Waals surface area contributed by atoms with E-state index >= 15 is 0 Å². The lowest BCUT2D eigenvalue weighted by molar-refractivity contribution is -0.203. The van der Waals surface area contributed by atoms with E-state index in [1.54, 1.807) is 22.8 Å².